The Bertz CT molecular complexity index is 524. The SMILES string of the molecule is Cc1ccc([C@@H]2CCCN(c3ncccn3)C2)nc1. The van der Waals surface area contributed by atoms with Crippen LogP contribution >= 0.6 is 0 Å². The molecule has 1 aliphatic heterocycles. The van der Waals surface area contributed by atoms with Gasteiger partial charge in [-0.25, -0.2) is 9.97 Å². The number of aryl methyl sites for hydroxylation is 1. The summed E-state index contributed by atoms with van der Waals surface area (Å²) in [5.74, 6) is 1.32. The maximum absolute atomic E-state index is 4.56. The molecule has 0 aromatic carbocycles. The summed E-state index contributed by atoms with van der Waals surface area (Å²) in [6.45, 7) is 4.06. The van der Waals surface area contributed by atoms with Crippen LogP contribution in [0.15, 0.2) is 36.8 Å². The van der Waals surface area contributed by atoms with Crippen LogP contribution < -0.4 is 4.90 Å². The molecule has 0 N–H and O–H groups in total. The lowest BCUT2D eigenvalue weighted by atomic mass is 9.94. The lowest BCUT2D eigenvalue weighted by Crippen LogP contribution is -2.35. The molecule has 3 rings (SSSR count). The van der Waals surface area contributed by atoms with Crippen LogP contribution in [-0.4, -0.2) is 28.0 Å². The van der Waals surface area contributed by atoms with Crippen LogP contribution in [-0.2, 0) is 0 Å². The first-order valence-corrected chi connectivity index (χ1v) is 6.77. The highest BCUT2D eigenvalue weighted by molar-refractivity contribution is 5.31. The number of aromatic nitrogens is 3. The minimum atomic E-state index is 0.484. The van der Waals surface area contributed by atoms with Gasteiger partial charge in [-0.1, -0.05) is 6.07 Å². The smallest absolute Gasteiger partial charge is 0.225 e. The Labute approximate surface area is 113 Å². The molecule has 4 nitrogen and oxygen atoms in total. The molecule has 1 aliphatic rings. The van der Waals surface area contributed by atoms with Crippen LogP contribution in [0.25, 0.3) is 0 Å². The molecule has 0 aliphatic carbocycles. The highest BCUT2D eigenvalue weighted by Crippen LogP contribution is 2.27. The summed E-state index contributed by atoms with van der Waals surface area (Å²) in [7, 11) is 0. The molecule has 2 aromatic heterocycles. The van der Waals surface area contributed by atoms with Crippen molar-refractivity contribution in [1.29, 1.82) is 0 Å². The molecule has 0 unspecified atom stereocenters. The first-order chi connectivity index (χ1) is 9.33. The van der Waals surface area contributed by atoms with E-state index in [-0.39, 0.29) is 0 Å². The molecule has 0 saturated carbocycles. The molecule has 98 valence electrons. The number of anilines is 1. The number of hydrogen-bond donors (Lipinski definition) is 0. The predicted molar refractivity (Wildman–Crippen MR) is 75.2 cm³/mol. The molecule has 0 spiro atoms. The molecular formula is C15H18N4. The lowest BCUT2D eigenvalue weighted by Gasteiger charge is -2.32. The van der Waals surface area contributed by atoms with E-state index in [0.717, 1.165) is 19.0 Å². The van der Waals surface area contributed by atoms with E-state index in [1.807, 2.05) is 12.3 Å². The average molecular weight is 254 g/mol. The van der Waals surface area contributed by atoms with E-state index < -0.39 is 0 Å². The molecule has 0 radical (unpaired) electrons. The van der Waals surface area contributed by atoms with Gasteiger partial charge >= 0.3 is 0 Å². The van der Waals surface area contributed by atoms with Crippen molar-refractivity contribution < 1.29 is 0 Å². The van der Waals surface area contributed by atoms with Gasteiger partial charge in [0.25, 0.3) is 0 Å². The van der Waals surface area contributed by atoms with Crippen LogP contribution in [0.1, 0.15) is 30.0 Å². The van der Waals surface area contributed by atoms with Gasteiger partial charge in [-0.15, -0.1) is 0 Å². The van der Waals surface area contributed by atoms with Crippen LogP contribution in [0.4, 0.5) is 5.95 Å². The van der Waals surface area contributed by atoms with Gasteiger partial charge in [-0.05, 0) is 37.5 Å². The van der Waals surface area contributed by atoms with E-state index in [2.05, 4.69) is 38.9 Å². The van der Waals surface area contributed by atoms with Crippen LogP contribution in [0.5, 0.6) is 0 Å². The van der Waals surface area contributed by atoms with Crippen molar-refractivity contribution in [3.63, 3.8) is 0 Å². The molecule has 4 heteroatoms. The van der Waals surface area contributed by atoms with Gasteiger partial charge in [0.15, 0.2) is 0 Å². The zero-order valence-electron chi connectivity index (χ0n) is 11.2. The summed E-state index contributed by atoms with van der Waals surface area (Å²) in [6.07, 6.45) is 7.91. The van der Waals surface area contributed by atoms with E-state index in [9.17, 15) is 0 Å². The van der Waals surface area contributed by atoms with Crippen LogP contribution in [0.3, 0.4) is 0 Å². The Morgan fingerprint density at radius 2 is 2.00 bits per heavy atom. The number of rotatable bonds is 2. The molecule has 1 saturated heterocycles. The van der Waals surface area contributed by atoms with Crippen molar-refractivity contribution >= 4 is 5.95 Å². The Morgan fingerprint density at radius 3 is 2.74 bits per heavy atom. The summed E-state index contributed by atoms with van der Waals surface area (Å²) in [5, 5.41) is 0. The fourth-order valence-electron chi connectivity index (χ4n) is 2.58. The second-order valence-electron chi connectivity index (χ2n) is 5.09. The lowest BCUT2D eigenvalue weighted by molar-refractivity contribution is 0.495. The maximum Gasteiger partial charge on any atom is 0.225 e. The molecule has 0 bridgehead atoms. The summed E-state index contributed by atoms with van der Waals surface area (Å²) >= 11 is 0. The third kappa shape index (κ3) is 2.72. The summed E-state index contributed by atoms with van der Waals surface area (Å²) < 4.78 is 0. The van der Waals surface area contributed by atoms with Crippen molar-refractivity contribution in [3.8, 4) is 0 Å². The van der Waals surface area contributed by atoms with E-state index in [1.165, 1.54) is 24.1 Å². The van der Waals surface area contributed by atoms with Gasteiger partial charge in [-0.3, -0.25) is 4.98 Å². The fraction of sp³-hybridized carbons (Fsp3) is 0.400. The Hall–Kier alpha value is -1.97. The second-order valence-corrected chi connectivity index (χ2v) is 5.09. The quantitative estimate of drug-likeness (QED) is 0.826. The highest BCUT2D eigenvalue weighted by Gasteiger charge is 2.23. The van der Waals surface area contributed by atoms with Gasteiger partial charge < -0.3 is 4.90 Å². The predicted octanol–water partition coefficient (Wildman–Crippen LogP) is 2.56. The zero-order valence-corrected chi connectivity index (χ0v) is 11.2. The molecular weight excluding hydrogens is 236 g/mol. The fourth-order valence-corrected chi connectivity index (χ4v) is 2.58. The van der Waals surface area contributed by atoms with Crippen molar-refractivity contribution in [2.75, 3.05) is 18.0 Å². The standard InChI is InChI=1S/C15H18N4/c1-12-5-6-14(18-10-12)13-4-2-9-19(11-13)15-16-7-3-8-17-15/h3,5-8,10,13H,2,4,9,11H2,1H3/t13-/m1/s1. The van der Waals surface area contributed by atoms with Gasteiger partial charge in [0.2, 0.25) is 5.95 Å². The highest BCUT2D eigenvalue weighted by atomic mass is 15.2. The molecule has 3 heterocycles. The second kappa shape index (κ2) is 5.34. The topological polar surface area (TPSA) is 41.9 Å². The number of hydrogen-bond acceptors (Lipinski definition) is 4. The van der Waals surface area contributed by atoms with Crippen molar-refractivity contribution in [1.82, 2.24) is 15.0 Å². The van der Waals surface area contributed by atoms with Crippen LogP contribution in [0.2, 0.25) is 0 Å². The van der Waals surface area contributed by atoms with Gasteiger partial charge in [0.1, 0.15) is 0 Å². The minimum absolute atomic E-state index is 0.484. The Morgan fingerprint density at radius 1 is 1.16 bits per heavy atom. The summed E-state index contributed by atoms with van der Waals surface area (Å²) in [4.78, 5) is 15.5. The van der Waals surface area contributed by atoms with Gasteiger partial charge in [0.05, 0.1) is 0 Å². The monoisotopic (exact) mass is 254 g/mol. The Kier molecular flexibility index (Phi) is 3.40. The minimum Gasteiger partial charge on any atom is -0.340 e. The molecule has 1 atom stereocenters. The van der Waals surface area contributed by atoms with Gasteiger partial charge in [-0.2, -0.15) is 0 Å². The number of nitrogens with zero attached hydrogens (tertiary/aromatic N) is 4. The van der Waals surface area contributed by atoms with Gasteiger partial charge in [0, 0.05) is 43.3 Å². The summed E-state index contributed by atoms with van der Waals surface area (Å²) in [6, 6.07) is 6.14. The first kappa shape index (κ1) is 12.1. The first-order valence-electron chi connectivity index (χ1n) is 6.77. The van der Waals surface area contributed by atoms with E-state index >= 15 is 0 Å². The van der Waals surface area contributed by atoms with Crippen molar-refractivity contribution in [3.05, 3.63) is 48.0 Å². The average Bonchev–Trinajstić information content (AvgIpc) is 2.49. The Balaban J connectivity index is 1.76. The molecule has 2 aromatic rings. The van der Waals surface area contributed by atoms with Crippen molar-refractivity contribution in [2.24, 2.45) is 0 Å². The number of pyridine rings is 1. The van der Waals surface area contributed by atoms with E-state index in [0.29, 0.717) is 5.92 Å². The molecule has 1 fully saturated rings. The van der Waals surface area contributed by atoms with Crippen LogP contribution in [0, 0.1) is 6.92 Å². The van der Waals surface area contributed by atoms with Crippen molar-refractivity contribution in [2.45, 2.75) is 25.7 Å². The summed E-state index contributed by atoms with van der Waals surface area (Å²) in [5.41, 5.74) is 2.40. The third-order valence-corrected chi connectivity index (χ3v) is 3.61. The largest absolute Gasteiger partial charge is 0.340 e. The molecule has 19 heavy (non-hydrogen) atoms. The normalized spacial score (nSPS) is 19.4. The van der Waals surface area contributed by atoms with E-state index in [1.54, 1.807) is 12.4 Å². The number of piperidine rings is 1. The third-order valence-electron chi connectivity index (χ3n) is 3.61. The maximum atomic E-state index is 4.56. The molecule has 0 amide bonds. The zero-order chi connectivity index (χ0) is 13.1. The van der Waals surface area contributed by atoms with E-state index in [4.69, 9.17) is 0 Å².